The molecule has 0 saturated carbocycles. The van der Waals surface area contributed by atoms with E-state index in [-0.39, 0.29) is 24.3 Å². The van der Waals surface area contributed by atoms with Gasteiger partial charge in [0.25, 0.3) is 0 Å². The van der Waals surface area contributed by atoms with Gasteiger partial charge in [-0.2, -0.15) is 0 Å². The van der Waals surface area contributed by atoms with E-state index in [0.717, 1.165) is 18.7 Å². The predicted octanol–water partition coefficient (Wildman–Crippen LogP) is 2.42. The zero-order chi connectivity index (χ0) is 17.6. The standard InChI is InChI=1S/C19H22FN3O2/c1-25-18-8-3-2-7-16(18)22-19(24)13-23-10-9-21-12-17(23)14-5-4-6-15(20)11-14/h2-8,11,17,21H,9-10,12-13H2,1H3,(H,22,24). The van der Waals surface area contributed by atoms with Crippen LogP contribution in [0.4, 0.5) is 10.1 Å². The highest BCUT2D eigenvalue weighted by atomic mass is 19.1. The molecule has 5 nitrogen and oxygen atoms in total. The molecule has 1 heterocycles. The molecule has 0 radical (unpaired) electrons. The van der Waals surface area contributed by atoms with E-state index in [0.29, 0.717) is 18.0 Å². The third-order valence-corrected chi connectivity index (χ3v) is 4.32. The fourth-order valence-electron chi connectivity index (χ4n) is 3.10. The molecule has 1 aliphatic rings. The molecule has 1 saturated heterocycles. The first-order chi connectivity index (χ1) is 12.2. The Hall–Kier alpha value is -2.44. The number of carbonyl (C=O) groups excluding carboxylic acids is 1. The van der Waals surface area contributed by atoms with Crippen molar-refractivity contribution in [2.75, 3.05) is 38.6 Å². The van der Waals surface area contributed by atoms with Crippen molar-refractivity contribution < 1.29 is 13.9 Å². The van der Waals surface area contributed by atoms with Gasteiger partial charge in [-0.05, 0) is 29.8 Å². The maximum Gasteiger partial charge on any atom is 0.238 e. The number of nitrogens with zero attached hydrogens (tertiary/aromatic N) is 1. The number of rotatable bonds is 5. The molecule has 0 spiro atoms. The van der Waals surface area contributed by atoms with Gasteiger partial charge in [-0.25, -0.2) is 4.39 Å². The minimum absolute atomic E-state index is 0.0344. The summed E-state index contributed by atoms with van der Waals surface area (Å²) >= 11 is 0. The van der Waals surface area contributed by atoms with Gasteiger partial charge in [0, 0.05) is 25.7 Å². The minimum atomic E-state index is -0.263. The maximum atomic E-state index is 13.6. The molecule has 1 amide bonds. The summed E-state index contributed by atoms with van der Waals surface area (Å²) in [5.41, 5.74) is 1.52. The number of halogens is 1. The van der Waals surface area contributed by atoms with Gasteiger partial charge in [-0.1, -0.05) is 24.3 Å². The van der Waals surface area contributed by atoms with Crippen LogP contribution in [0.3, 0.4) is 0 Å². The Morgan fingerprint density at radius 2 is 2.16 bits per heavy atom. The third kappa shape index (κ3) is 4.35. The second kappa shape index (κ2) is 8.09. The zero-order valence-corrected chi connectivity index (χ0v) is 14.2. The highest BCUT2D eigenvalue weighted by Crippen LogP contribution is 2.25. The Morgan fingerprint density at radius 1 is 1.32 bits per heavy atom. The maximum absolute atomic E-state index is 13.6. The van der Waals surface area contributed by atoms with E-state index in [9.17, 15) is 9.18 Å². The van der Waals surface area contributed by atoms with Crippen molar-refractivity contribution in [2.24, 2.45) is 0 Å². The number of benzene rings is 2. The summed E-state index contributed by atoms with van der Waals surface area (Å²) in [5.74, 6) is 0.243. The molecule has 1 aliphatic heterocycles. The van der Waals surface area contributed by atoms with Crippen molar-refractivity contribution in [2.45, 2.75) is 6.04 Å². The topological polar surface area (TPSA) is 53.6 Å². The number of ether oxygens (including phenoxy) is 1. The van der Waals surface area contributed by atoms with Crippen LogP contribution in [0.25, 0.3) is 0 Å². The van der Waals surface area contributed by atoms with Crippen molar-refractivity contribution in [1.29, 1.82) is 0 Å². The Labute approximate surface area is 146 Å². The lowest BCUT2D eigenvalue weighted by Crippen LogP contribution is -2.48. The van der Waals surface area contributed by atoms with Crippen LogP contribution < -0.4 is 15.4 Å². The first kappa shape index (κ1) is 17.4. The highest BCUT2D eigenvalue weighted by Gasteiger charge is 2.26. The lowest BCUT2D eigenvalue weighted by Gasteiger charge is -2.36. The van der Waals surface area contributed by atoms with Gasteiger partial charge >= 0.3 is 0 Å². The monoisotopic (exact) mass is 343 g/mol. The van der Waals surface area contributed by atoms with Gasteiger partial charge in [-0.15, -0.1) is 0 Å². The van der Waals surface area contributed by atoms with E-state index in [4.69, 9.17) is 4.74 Å². The number of methoxy groups -OCH3 is 1. The molecule has 1 fully saturated rings. The van der Waals surface area contributed by atoms with Crippen molar-refractivity contribution in [3.05, 3.63) is 59.9 Å². The van der Waals surface area contributed by atoms with Crippen molar-refractivity contribution in [3.63, 3.8) is 0 Å². The summed E-state index contributed by atoms with van der Waals surface area (Å²) in [5, 5.41) is 6.20. The Bertz CT molecular complexity index is 738. The van der Waals surface area contributed by atoms with Crippen LogP contribution in [0, 0.1) is 5.82 Å². The first-order valence-electron chi connectivity index (χ1n) is 8.30. The second-order valence-electron chi connectivity index (χ2n) is 5.99. The minimum Gasteiger partial charge on any atom is -0.495 e. The summed E-state index contributed by atoms with van der Waals surface area (Å²) in [4.78, 5) is 14.6. The smallest absolute Gasteiger partial charge is 0.238 e. The molecule has 1 atom stereocenters. The second-order valence-corrected chi connectivity index (χ2v) is 5.99. The normalized spacial score (nSPS) is 17.9. The molecule has 0 aromatic heterocycles. The van der Waals surface area contributed by atoms with E-state index >= 15 is 0 Å². The van der Waals surface area contributed by atoms with E-state index in [1.54, 1.807) is 25.3 Å². The highest BCUT2D eigenvalue weighted by molar-refractivity contribution is 5.93. The summed E-state index contributed by atoms with van der Waals surface area (Å²) in [6, 6.07) is 13.8. The fraction of sp³-hybridized carbons (Fsp3) is 0.316. The van der Waals surface area contributed by atoms with Gasteiger partial charge in [-0.3, -0.25) is 9.69 Å². The van der Waals surface area contributed by atoms with Crippen molar-refractivity contribution in [3.8, 4) is 5.75 Å². The number of para-hydroxylation sites is 2. The van der Waals surface area contributed by atoms with E-state index in [1.165, 1.54) is 12.1 Å². The molecule has 2 aromatic rings. The molecular weight excluding hydrogens is 321 g/mol. The van der Waals surface area contributed by atoms with Gasteiger partial charge in [0.05, 0.1) is 19.3 Å². The quantitative estimate of drug-likeness (QED) is 0.875. The van der Waals surface area contributed by atoms with Crippen LogP contribution in [0.5, 0.6) is 5.75 Å². The molecule has 3 rings (SSSR count). The largest absolute Gasteiger partial charge is 0.495 e. The Kier molecular flexibility index (Phi) is 5.63. The molecule has 2 aromatic carbocycles. The number of hydrogen-bond acceptors (Lipinski definition) is 4. The fourth-order valence-corrected chi connectivity index (χ4v) is 3.10. The lowest BCUT2D eigenvalue weighted by atomic mass is 10.0. The number of amides is 1. The number of piperazine rings is 1. The lowest BCUT2D eigenvalue weighted by molar-refractivity contribution is -0.118. The summed E-state index contributed by atoms with van der Waals surface area (Å²) in [7, 11) is 1.57. The Balaban J connectivity index is 1.70. The SMILES string of the molecule is COc1ccccc1NC(=O)CN1CCNCC1c1cccc(F)c1. The van der Waals surface area contributed by atoms with Crippen LogP contribution in [-0.2, 0) is 4.79 Å². The number of nitrogens with one attached hydrogen (secondary N) is 2. The third-order valence-electron chi connectivity index (χ3n) is 4.32. The van der Waals surface area contributed by atoms with Gasteiger partial charge < -0.3 is 15.4 Å². The van der Waals surface area contributed by atoms with E-state index < -0.39 is 0 Å². The van der Waals surface area contributed by atoms with Crippen LogP contribution >= 0.6 is 0 Å². The molecule has 25 heavy (non-hydrogen) atoms. The van der Waals surface area contributed by atoms with Crippen LogP contribution in [0.2, 0.25) is 0 Å². The number of anilines is 1. The van der Waals surface area contributed by atoms with Gasteiger partial charge in [0.2, 0.25) is 5.91 Å². The molecule has 2 N–H and O–H groups in total. The number of carbonyl (C=O) groups is 1. The van der Waals surface area contributed by atoms with Crippen LogP contribution in [-0.4, -0.2) is 44.1 Å². The Morgan fingerprint density at radius 3 is 2.96 bits per heavy atom. The predicted molar refractivity (Wildman–Crippen MR) is 95.2 cm³/mol. The van der Waals surface area contributed by atoms with Crippen molar-refractivity contribution in [1.82, 2.24) is 10.2 Å². The van der Waals surface area contributed by atoms with Gasteiger partial charge in [0.1, 0.15) is 11.6 Å². The summed E-state index contributed by atoms with van der Waals surface area (Å²) in [6.45, 7) is 2.45. The number of hydrogen-bond donors (Lipinski definition) is 2. The molecule has 0 bridgehead atoms. The molecule has 0 aliphatic carbocycles. The zero-order valence-electron chi connectivity index (χ0n) is 14.2. The molecule has 6 heteroatoms. The molecule has 132 valence electrons. The summed E-state index contributed by atoms with van der Waals surface area (Å²) < 4.78 is 18.8. The van der Waals surface area contributed by atoms with Crippen LogP contribution in [0.1, 0.15) is 11.6 Å². The summed E-state index contributed by atoms with van der Waals surface area (Å²) in [6.07, 6.45) is 0. The first-order valence-corrected chi connectivity index (χ1v) is 8.30. The van der Waals surface area contributed by atoms with Gasteiger partial charge in [0.15, 0.2) is 0 Å². The van der Waals surface area contributed by atoms with Crippen molar-refractivity contribution >= 4 is 11.6 Å². The molecular formula is C19H22FN3O2. The van der Waals surface area contributed by atoms with E-state index in [1.807, 2.05) is 18.2 Å². The van der Waals surface area contributed by atoms with E-state index in [2.05, 4.69) is 15.5 Å². The van der Waals surface area contributed by atoms with Crippen LogP contribution in [0.15, 0.2) is 48.5 Å². The average molecular weight is 343 g/mol. The molecule has 1 unspecified atom stereocenters. The average Bonchev–Trinajstić information content (AvgIpc) is 2.62.